The lowest BCUT2D eigenvalue weighted by atomic mass is 9.77. The van der Waals surface area contributed by atoms with Crippen molar-refractivity contribution in [1.29, 1.82) is 0 Å². The van der Waals surface area contributed by atoms with Crippen LogP contribution in [-0.4, -0.2) is 36.3 Å². The molecule has 0 bridgehead atoms. The summed E-state index contributed by atoms with van der Waals surface area (Å²) in [6.07, 6.45) is 14.7. The Hall–Kier alpha value is -1.15. The van der Waals surface area contributed by atoms with Crippen LogP contribution in [-0.2, 0) is 0 Å². The van der Waals surface area contributed by atoms with Gasteiger partial charge in [0.25, 0.3) is 0 Å². The van der Waals surface area contributed by atoms with Crippen LogP contribution in [0.1, 0.15) is 20.3 Å². The van der Waals surface area contributed by atoms with E-state index in [0.717, 1.165) is 5.92 Å². The van der Waals surface area contributed by atoms with Crippen molar-refractivity contribution in [3.8, 4) is 0 Å². The summed E-state index contributed by atoms with van der Waals surface area (Å²) in [6.45, 7) is 7.20. The van der Waals surface area contributed by atoms with Gasteiger partial charge in [-0.05, 0) is 32.3 Å². The molecule has 4 rings (SSSR count). The molecular weight excluding hydrogens is 232 g/mol. The molecule has 0 radical (unpaired) electrons. The van der Waals surface area contributed by atoms with E-state index in [1.807, 2.05) is 6.21 Å². The lowest BCUT2D eigenvalue weighted by Crippen LogP contribution is -2.34. The maximum absolute atomic E-state index is 4.62. The molecule has 0 aromatic heterocycles. The lowest BCUT2D eigenvalue weighted by molar-refractivity contribution is 0.234. The summed E-state index contributed by atoms with van der Waals surface area (Å²) in [6, 6.07) is 1.04. The Kier molecular flexibility index (Phi) is 2.41. The molecule has 2 aliphatic heterocycles. The minimum atomic E-state index is 0.355. The zero-order valence-corrected chi connectivity index (χ0v) is 11.8. The number of piperidine rings is 1. The van der Waals surface area contributed by atoms with E-state index in [1.165, 1.54) is 19.5 Å². The molecule has 1 saturated heterocycles. The van der Waals surface area contributed by atoms with E-state index in [0.29, 0.717) is 23.4 Å². The van der Waals surface area contributed by atoms with E-state index in [9.17, 15) is 0 Å². The number of hydrogen-bond acceptors (Lipinski definition) is 2. The second kappa shape index (κ2) is 3.92. The van der Waals surface area contributed by atoms with Gasteiger partial charge in [0.1, 0.15) is 0 Å². The largest absolute Gasteiger partial charge is 0.300 e. The molecule has 4 atom stereocenters. The first kappa shape index (κ1) is 11.7. The third-order valence-corrected chi connectivity index (χ3v) is 5.45. The van der Waals surface area contributed by atoms with Gasteiger partial charge in [-0.15, -0.1) is 0 Å². The molecule has 2 fully saturated rings. The van der Waals surface area contributed by atoms with Crippen LogP contribution >= 0.6 is 0 Å². The number of aliphatic imine (C=N–C) groups is 1. The van der Waals surface area contributed by atoms with Crippen molar-refractivity contribution in [1.82, 2.24) is 4.90 Å². The normalized spacial score (nSPS) is 43.3. The maximum atomic E-state index is 4.62. The summed E-state index contributed by atoms with van der Waals surface area (Å²) in [5, 5.41) is 0. The van der Waals surface area contributed by atoms with Gasteiger partial charge in [0.2, 0.25) is 0 Å². The molecule has 2 heterocycles. The van der Waals surface area contributed by atoms with E-state index >= 15 is 0 Å². The summed E-state index contributed by atoms with van der Waals surface area (Å²) in [4.78, 5) is 7.27. The molecule has 2 aliphatic carbocycles. The number of nitrogens with zero attached hydrogens (tertiary/aromatic N) is 2. The van der Waals surface area contributed by atoms with E-state index in [4.69, 9.17) is 0 Å². The monoisotopic (exact) mass is 254 g/mol. The molecule has 1 saturated carbocycles. The number of rotatable bonds is 2. The van der Waals surface area contributed by atoms with Gasteiger partial charge in [-0.25, -0.2) is 0 Å². The number of fused-ring (bicyclic) bond motifs is 2. The minimum Gasteiger partial charge on any atom is -0.300 e. The van der Waals surface area contributed by atoms with E-state index in [-0.39, 0.29) is 0 Å². The molecule has 0 aromatic rings. The van der Waals surface area contributed by atoms with Crippen molar-refractivity contribution in [3.63, 3.8) is 0 Å². The van der Waals surface area contributed by atoms with Crippen LogP contribution in [0.3, 0.4) is 0 Å². The van der Waals surface area contributed by atoms with Gasteiger partial charge in [0, 0.05) is 36.7 Å². The van der Waals surface area contributed by atoms with E-state index in [1.54, 1.807) is 5.57 Å². The molecule has 0 amide bonds. The molecule has 0 aromatic carbocycles. The topological polar surface area (TPSA) is 15.6 Å². The van der Waals surface area contributed by atoms with Crippen molar-refractivity contribution >= 4 is 6.21 Å². The van der Waals surface area contributed by atoms with Crippen molar-refractivity contribution in [2.24, 2.45) is 22.2 Å². The molecule has 0 N–H and O–H groups in total. The number of dihydropyridines is 1. The summed E-state index contributed by atoms with van der Waals surface area (Å²) >= 11 is 0. The average Bonchev–Trinajstić information content (AvgIpc) is 3.00. The van der Waals surface area contributed by atoms with Gasteiger partial charge in [-0.2, -0.15) is 0 Å². The van der Waals surface area contributed by atoms with Gasteiger partial charge in [0.15, 0.2) is 0 Å². The summed E-state index contributed by atoms with van der Waals surface area (Å²) < 4.78 is 0. The highest BCUT2D eigenvalue weighted by Gasteiger charge is 2.63. The van der Waals surface area contributed by atoms with Gasteiger partial charge >= 0.3 is 0 Å². The molecule has 4 unspecified atom stereocenters. The summed E-state index contributed by atoms with van der Waals surface area (Å²) in [7, 11) is 0. The Bertz CT molecular complexity index is 511. The van der Waals surface area contributed by atoms with E-state index < -0.39 is 0 Å². The fraction of sp³-hybridized carbons (Fsp3) is 0.588. The Morgan fingerprint density at radius 3 is 3.00 bits per heavy atom. The second-order valence-corrected chi connectivity index (χ2v) is 6.79. The predicted octanol–water partition coefficient (Wildman–Crippen LogP) is 2.84. The van der Waals surface area contributed by atoms with Crippen LogP contribution in [0, 0.1) is 17.3 Å². The molecule has 4 aliphatic rings. The highest BCUT2D eigenvalue weighted by molar-refractivity contribution is 5.73. The molecule has 2 heteroatoms. The minimum absolute atomic E-state index is 0.355. The van der Waals surface area contributed by atoms with Crippen molar-refractivity contribution in [3.05, 3.63) is 36.0 Å². The highest BCUT2D eigenvalue weighted by Crippen LogP contribution is 2.65. The summed E-state index contributed by atoms with van der Waals surface area (Å²) in [5.41, 5.74) is 2.14. The smallest absolute Gasteiger partial charge is 0.0783 e. The standard InChI is InChI=1S/C17H22N2/c1-12(2)19-10-13-9-17(13,11-19)15-6-3-7-16-14(15)5-4-8-18-16/h3-8,12-14,16H,9-11H2,1-2H3. The fourth-order valence-electron chi connectivity index (χ4n) is 4.23. The van der Waals surface area contributed by atoms with Gasteiger partial charge in [-0.1, -0.05) is 29.9 Å². The van der Waals surface area contributed by atoms with Crippen LogP contribution in [0.15, 0.2) is 40.9 Å². The lowest BCUT2D eigenvalue weighted by Gasteiger charge is -2.33. The first-order chi connectivity index (χ1) is 9.21. The van der Waals surface area contributed by atoms with Crippen molar-refractivity contribution in [2.75, 3.05) is 13.1 Å². The zero-order chi connectivity index (χ0) is 13.0. The Balaban J connectivity index is 1.63. The third kappa shape index (κ3) is 1.62. The van der Waals surface area contributed by atoms with Crippen molar-refractivity contribution < 1.29 is 0 Å². The van der Waals surface area contributed by atoms with Gasteiger partial charge in [0.05, 0.1) is 6.04 Å². The number of allylic oxidation sites excluding steroid dienone is 3. The van der Waals surface area contributed by atoms with Gasteiger partial charge < -0.3 is 0 Å². The quantitative estimate of drug-likeness (QED) is 0.740. The van der Waals surface area contributed by atoms with E-state index in [2.05, 4.69) is 54.1 Å². The van der Waals surface area contributed by atoms with Crippen LogP contribution in [0.2, 0.25) is 0 Å². The predicted molar refractivity (Wildman–Crippen MR) is 79.4 cm³/mol. The second-order valence-electron chi connectivity index (χ2n) is 6.79. The van der Waals surface area contributed by atoms with Crippen LogP contribution in [0.5, 0.6) is 0 Å². The number of hydrogen-bond donors (Lipinski definition) is 0. The molecule has 0 spiro atoms. The molecule has 2 nitrogen and oxygen atoms in total. The zero-order valence-electron chi connectivity index (χ0n) is 11.8. The Morgan fingerprint density at radius 1 is 1.32 bits per heavy atom. The summed E-state index contributed by atoms with van der Waals surface area (Å²) in [5.74, 6) is 1.42. The SMILES string of the molecule is CC(C)N1CC2CC2(C2=CC=CC3N=CC=CC23)C1. The molecule has 19 heavy (non-hydrogen) atoms. The van der Waals surface area contributed by atoms with Crippen LogP contribution < -0.4 is 0 Å². The Labute approximate surface area is 115 Å². The third-order valence-electron chi connectivity index (χ3n) is 5.45. The Morgan fingerprint density at radius 2 is 2.21 bits per heavy atom. The maximum Gasteiger partial charge on any atom is 0.0783 e. The number of likely N-dealkylation sites (tertiary alicyclic amines) is 1. The van der Waals surface area contributed by atoms with Crippen LogP contribution in [0.4, 0.5) is 0 Å². The van der Waals surface area contributed by atoms with Crippen molar-refractivity contribution in [2.45, 2.75) is 32.4 Å². The van der Waals surface area contributed by atoms with Crippen LogP contribution in [0.25, 0.3) is 0 Å². The molecule has 100 valence electrons. The molecular formula is C17H22N2. The highest BCUT2D eigenvalue weighted by atomic mass is 15.2. The first-order valence-corrected chi connectivity index (χ1v) is 7.53. The fourth-order valence-corrected chi connectivity index (χ4v) is 4.23. The first-order valence-electron chi connectivity index (χ1n) is 7.53. The average molecular weight is 254 g/mol. The van der Waals surface area contributed by atoms with Gasteiger partial charge in [-0.3, -0.25) is 9.89 Å².